The van der Waals surface area contributed by atoms with E-state index in [2.05, 4.69) is 16.7 Å². The molecule has 0 bridgehead atoms. The highest BCUT2D eigenvalue weighted by Crippen LogP contribution is 2.36. The van der Waals surface area contributed by atoms with Crippen LogP contribution in [0.25, 0.3) is 0 Å². The first-order chi connectivity index (χ1) is 15.5. The number of nitrogens with one attached hydrogen (secondary N) is 2. The summed E-state index contributed by atoms with van der Waals surface area (Å²) in [6.45, 7) is 2.12. The largest absolute Gasteiger partial charge is 0.348 e. The van der Waals surface area contributed by atoms with Gasteiger partial charge in [-0.3, -0.25) is 4.79 Å². The molecule has 0 saturated carbocycles. The molecule has 174 valence electrons. The van der Waals surface area contributed by atoms with Gasteiger partial charge in [-0.1, -0.05) is 53.5 Å². The summed E-state index contributed by atoms with van der Waals surface area (Å²) >= 11 is 14.2. The van der Waals surface area contributed by atoms with E-state index < -0.39 is 11.7 Å². The Morgan fingerprint density at radius 3 is 2.61 bits per heavy atom. The highest BCUT2D eigenvalue weighted by molar-refractivity contribution is 7.98. The Kier molecular flexibility index (Phi) is 9.47. The molecule has 2 N–H and O–H groups in total. The van der Waals surface area contributed by atoms with E-state index >= 15 is 0 Å². The van der Waals surface area contributed by atoms with Crippen LogP contribution in [0.15, 0.2) is 59.5 Å². The maximum absolute atomic E-state index is 14.7. The molecule has 3 aromatic rings. The van der Waals surface area contributed by atoms with Crippen LogP contribution in [-0.4, -0.2) is 19.0 Å². The molecule has 0 fully saturated rings. The summed E-state index contributed by atoms with van der Waals surface area (Å²) in [4.78, 5) is 13.5. The number of amides is 1. The van der Waals surface area contributed by atoms with Crippen LogP contribution >= 0.6 is 47.4 Å². The first-order valence-electron chi connectivity index (χ1n) is 10.5. The molecule has 0 aromatic heterocycles. The smallest absolute Gasteiger partial charge is 0.254 e. The summed E-state index contributed by atoms with van der Waals surface area (Å²) in [7, 11) is 0. The van der Waals surface area contributed by atoms with Crippen molar-refractivity contribution in [3.63, 3.8) is 0 Å². The zero-order valence-electron chi connectivity index (χ0n) is 17.8. The quantitative estimate of drug-likeness (QED) is 0.363. The summed E-state index contributed by atoms with van der Waals surface area (Å²) in [5.74, 6) is -0.435. The van der Waals surface area contributed by atoms with Gasteiger partial charge in [0.15, 0.2) is 0 Å². The van der Waals surface area contributed by atoms with Crippen LogP contribution < -0.4 is 10.6 Å². The lowest BCUT2D eigenvalue weighted by Gasteiger charge is -2.14. The molecule has 0 radical (unpaired) electrons. The van der Waals surface area contributed by atoms with Crippen LogP contribution in [0.5, 0.6) is 0 Å². The first kappa shape index (κ1) is 25.9. The van der Waals surface area contributed by atoms with E-state index in [1.807, 2.05) is 24.3 Å². The van der Waals surface area contributed by atoms with Crippen LogP contribution in [-0.2, 0) is 25.1 Å². The van der Waals surface area contributed by atoms with Gasteiger partial charge in [-0.25, -0.2) is 4.39 Å². The van der Waals surface area contributed by atoms with Crippen LogP contribution in [0, 0.1) is 5.82 Å². The molecule has 0 atom stereocenters. The second kappa shape index (κ2) is 12.1. The molecule has 8 heteroatoms. The Morgan fingerprint density at radius 2 is 1.82 bits per heavy atom. The predicted octanol–water partition coefficient (Wildman–Crippen LogP) is 6.46. The molecule has 1 aliphatic rings. The van der Waals surface area contributed by atoms with Crippen molar-refractivity contribution in [2.45, 2.75) is 30.0 Å². The predicted molar refractivity (Wildman–Crippen MR) is 138 cm³/mol. The van der Waals surface area contributed by atoms with Gasteiger partial charge in [0.1, 0.15) is 5.82 Å². The molecular formula is C25H24Cl3FN2OS. The fraction of sp³-hybridized carbons (Fsp3) is 0.240. The first-order valence-corrected chi connectivity index (χ1v) is 12.2. The number of carbonyl (C=O) groups excluding carboxylic acids is 1. The molecule has 1 heterocycles. The summed E-state index contributed by atoms with van der Waals surface area (Å²) in [6.07, 6.45) is 1.91. The summed E-state index contributed by atoms with van der Waals surface area (Å²) in [6, 6.07) is 16.0. The summed E-state index contributed by atoms with van der Waals surface area (Å²) in [5.41, 5.74) is 4.20. The Labute approximate surface area is 213 Å². The minimum Gasteiger partial charge on any atom is -0.348 e. The molecule has 1 aliphatic heterocycles. The van der Waals surface area contributed by atoms with E-state index in [-0.39, 0.29) is 24.5 Å². The average molecular weight is 526 g/mol. The Hall–Kier alpha value is -1.76. The Morgan fingerprint density at radius 1 is 1.03 bits per heavy atom. The van der Waals surface area contributed by atoms with Crippen molar-refractivity contribution in [1.82, 2.24) is 10.6 Å². The van der Waals surface area contributed by atoms with Crippen LogP contribution in [0.4, 0.5) is 4.39 Å². The number of hydrogen-bond donors (Lipinski definition) is 2. The van der Waals surface area contributed by atoms with Crippen molar-refractivity contribution in [3.8, 4) is 0 Å². The monoisotopic (exact) mass is 524 g/mol. The SMILES string of the molecule is Cl.O=C(NCc1ccccc1Cl)c1ccc(CSc2c(Cl)ccc3c2CCNCC3)cc1F. The van der Waals surface area contributed by atoms with Crippen molar-refractivity contribution in [3.05, 3.63) is 98.3 Å². The van der Waals surface area contributed by atoms with E-state index in [0.717, 1.165) is 47.0 Å². The highest BCUT2D eigenvalue weighted by atomic mass is 35.5. The van der Waals surface area contributed by atoms with Gasteiger partial charge in [-0.05, 0) is 72.5 Å². The fourth-order valence-electron chi connectivity index (χ4n) is 3.77. The summed E-state index contributed by atoms with van der Waals surface area (Å²) < 4.78 is 14.7. The number of rotatable bonds is 6. The number of carbonyl (C=O) groups is 1. The number of halogens is 4. The van der Waals surface area contributed by atoms with Gasteiger partial charge in [-0.2, -0.15) is 0 Å². The van der Waals surface area contributed by atoms with E-state index in [1.54, 1.807) is 23.9 Å². The molecule has 0 saturated heterocycles. The van der Waals surface area contributed by atoms with Crippen molar-refractivity contribution in [2.24, 2.45) is 0 Å². The Bertz CT molecular complexity index is 1140. The minimum absolute atomic E-state index is 0. The molecule has 0 spiro atoms. The van der Waals surface area contributed by atoms with Gasteiger partial charge in [0, 0.05) is 22.2 Å². The van der Waals surface area contributed by atoms with Crippen molar-refractivity contribution < 1.29 is 9.18 Å². The summed E-state index contributed by atoms with van der Waals surface area (Å²) in [5, 5.41) is 7.44. The van der Waals surface area contributed by atoms with Gasteiger partial charge in [0.2, 0.25) is 0 Å². The lowest BCUT2D eigenvalue weighted by Crippen LogP contribution is -2.24. The number of benzene rings is 3. The van der Waals surface area contributed by atoms with Crippen LogP contribution in [0.2, 0.25) is 10.0 Å². The van der Waals surface area contributed by atoms with Crippen molar-refractivity contribution in [2.75, 3.05) is 13.1 Å². The van der Waals surface area contributed by atoms with Crippen LogP contribution in [0.3, 0.4) is 0 Å². The third-order valence-electron chi connectivity index (χ3n) is 5.49. The number of thioether (sulfide) groups is 1. The van der Waals surface area contributed by atoms with Crippen molar-refractivity contribution in [1.29, 1.82) is 0 Å². The van der Waals surface area contributed by atoms with Gasteiger partial charge in [0.05, 0.1) is 10.6 Å². The standard InChI is InChI=1S/C25H23Cl2FN2OS.ClH/c26-21-4-2-1-3-18(21)14-30-25(31)20-7-5-16(13-23(20)28)15-32-24-19-10-12-29-11-9-17(19)6-8-22(24)27;/h1-8,13,29H,9-12,14-15H2,(H,30,31);1H. The zero-order valence-corrected chi connectivity index (χ0v) is 20.9. The van der Waals surface area contributed by atoms with Gasteiger partial charge >= 0.3 is 0 Å². The third-order valence-corrected chi connectivity index (χ3v) is 7.52. The lowest BCUT2D eigenvalue weighted by atomic mass is 10.0. The van der Waals surface area contributed by atoms with Crippen molar-refractivity contribution >= 4 is 53.3 Å². The lowest BCUT2D eigenvalue weighted by molar-refractivity contribution is 0.0947. The maximum atomic E-state index is 14.7. The zero-order chi connectivity index (χ0) is 22.5. The fourth-order valence-corrected chi connectivity index (χ4v) is 5.41. The van der Waals surface area contributed by atoms with Gasteiger partial charge in [0.25, 0.3) is 5.91 Å². The number of fused-ring (bicyclic) bond motifs is 1. The van der Waals surface area contributed by atoms with E-state index in [1.165, 1.54) is 23.3 Å². The highest BCUT2D eigenvalue weighted by Gasteiger charge is 2.17. The van der Waals surface area contributed by atoms with E-state index in [4.69, 9.17) is 23.2 Å². The van der Waals surface area contributed by atoms with Crippen LogP contribution in [0.1, 0.15) is 32.6 Å². The topological polar surface area (TPSA) is 41.1 Å². The number of hydrogen-bond acceptors (Lipinski definition) is 3. The van der Waals surface area contributed by atoms with Gasteiger partial charge < -0.3 is 10.6 Å². The second-order valence-corrected chi connectivity index (χ2v) is 9.44. The molecule has 0 aliphatic carbocycles. The molecule has 1 amide bonds. The van der Waals surface area contributed by atoms with Gasteiger partial charge in [-0.15, -0.1) is 24.2 Å². The molecule has 0 unspecified atom stereocenters. The third kappa shape index (κ3) is 6.43. The van der Waals surface area contributed by atoms with E-state index in [0.29, 0.717) is 10.8 Å². The molecule has 33 heavy (non-hydrogen) atoms. The maximum Gasteiger partial charge on any atom is 0.254 e. The normalized spacial score (nSPS) is 12.9. The minimum atomic E-state index is -0.540. The molecule has 4 rings (SSSR count). The molecule has 3 nitrogen and oxygen atoms in total. The second-order valence-electron chi connectivity index (χ2n) is 7.64. The van der Waals surface area contributed by atoms with E-state index in [9.17, 15) is 9.18 Å². The average Bonchev–Trinajstić information content (AvgIpc) is 3.03. The molecular weight excluding hydrogens is 502 g/mol. The molecule has 3 aromatic carbocycles. The Balaban J connectivity index is 0.00000306.